The molecule has 11 nitrogen and oxygen atoms in total. The summed E-state index contributed by atoms with van der Waals surface area (Å²) in [6, 6.07) is 0. The summed E-state index contributed by atoms with van der Waals surface area (Å²) in [4.78, 5) is 0. The van der Waals surface area contributed by atoms with Gasteiger partial charge in [-0.3, -0.25) is 0 Å². The minimum absolute atomic E-state index is 0.671. The highest BCUT2D eigenvalue weighted by Gasteiger charge is 2.53. The molecule has 0 aromatic heterocycles. The van der Waals surface area contributed by atoms with Crippen molar-refractivity contribution in [3.63, 3.8) is 0 Å². The standard InChI is InChI=1S/C13H24O11/c1-22-11-8(19)6(17)7(18)9(20)12(11)24-13-10(21)5(16)4(15)3(2-14)23-13/h3-21H,2H2,1H3/t3-,4+,5+,6+,7-,8+,9+,10-,11-,12-,13-/m1/s1. The van der Waals surface area contributed by atoms with Crippen LogP contribution in [0.4, 0.5) is 0 Å². The van der Waals surface area contributed by atoms with Gasteiger partial charge < -0.3 is 55.1 Å². The van der Waals surface area contributed by atoms with Crippen molar-refractivity contribution in [1.29, 1.82) is 0 Å². The van der Waals surface area contributed by atoms with Gasteiger partial charge in [-0.15, -0.1) is 0 Å². The van der Waals surface area contributed by atoms with E-state index < -0.39 is 73.9 Å². The van der Waals surface area contributed by atoms with E-state index in [-0.39, 0.29) is 0 Å². The van der Waals surface area contributed by atoms with Crippen LogP contribution in [0.15, 0.2) is 0 Å². The number of aliphatic hydroxyl groups is 8. The second kappa shape index (κ2) is 7.85. The molecule has 0 aromatic rings. The van der Waals surface area contributed by atoms with Gasteiger partial charge in [-0.05, 0) is 0 Å². The zero-order valence-corrected chi connectivity index (χ0v) is 12.9. The first-order valence-electron chi connectivity index (χ1n) is 7.45. The van der Waals surface area contributed by atoms with Gasteiger partial charge in [0.15, 0.2) is 6.29 Å². The van der Waals surface area contributed by atoms with E-state index in [4.69, 9.17) is 19.3 Å². The van der Waals surface area contributed by atoms with Crippen molar-refractivity contribution in [2.45, 2.75) is 67.3 Å². The Morgan fingerprint density at radius 2 is 1.21 bits per heavy atom. The highest BCUT2D eigenvalue weighted by Crippen LogP contribution is 2.30. The van der Waals surface area contributed by atoms with Crippen LogP contribution in [0.25, 0.3) is 0 Å². The molecule has 2 fully saturated rings. The van der Waals surface area contributed by atoms with Crippen molar-refractivity contribution in [2.75, 3.05) is 13.7 Å². The van der Waals surface area contributed by atoms with Crippen LogP contribution in [-0.2, 0) is 14.2 Å². The second-order valence-electron chi connectivity index (χ2n) is 5.96. The van der Waals surface area contributed by atoms with E-state index in [1.807, 2.05) is 0 Å². The van der Waals surface area contributed by atoms with Crippen LogP contribution in [0.1, 0.15) is 0 Å². The van der Waals surface area contributed by atoms with Crippen LogP contribution >= 0.6 is 0 Å². The monoisotopic (exact) mass is 356 g/mol. The minimum atomic E-state index is -1.75. The third-order valence-corrected chi connectivity index (χ3v) is 4.46. The Labute approximate surface area is 137 Å². The molecule has 11 heteroatoms. The van der Waals surface area contributed by atoms with Crippen molar-refractivity contribution >= 4 is 0 Å². The Morgan fingerprint density at radius 1 is 0.708 bits per heavy atom. The number of hydrogen-bond acceptors (Lipinski definition) is 11. The quantitative estimate of drug-likeness (QED) is 0.240. The first kappa shape index (κ1) is 19.9. The molecule has 1 aliphatic heterocycles. The lowest BCUT2D eigenvalue weighted by Gasteiger charge is -2.46. The molecule has 1 heterocycles. The maximum absolute atomic E-state index is 10.1. The molecule has 2 rings (SSSR count). The number of rotatable bonds is 4. The van der Waals surface area contributed by atoms with E-state index in [0.29, 0.717) is 0 Å². The number of aliphatic hydroxyl groups excluding tert-OH is 8. The van der Waals surface area contributed by atoms with E-state index in [1.54, 1.807) is 0 Å². The second-order valence-corrected chi connectivity index (χ2v) is 5.96. The van der Waals surface area contributed by atoms with Crippen LogP contribution in [0, 0.1) is 0 Å². The lowest BCUT2D eigenvalue weighted by molar-refractivity contribution is -0.340. The zero-order chi connectivity index (χ0) is 18.2. The molecule has 0 spiro atoms. The molecule has 1 aliphatic carbocycles. The Bertz CT molecular complexity index is 407. The van der Waals surface area contributed by atoms with Gasteiger partial charge in [0, 0.05) is 7.11 Å². The van der Waals surface area contributed by atoms with Gasteiger partial charge >= 0.3 is 0 Å². The summed E-state index contributed by atoms with van der Waals surface area (Å²) in [5.41, 5.74) is 0. The summed E-state index contributed by atoms with van der Waals surface area (Å²) in [7, 11) is 1.18. The Balaban J connectivity index is 2.17. The van der Waals surface area contributed by atoms with Crippen LogP contribution in [0.2, 0.25) is 0 Å². The first-order chi connectivity index (χ1) is 11.2. The van der Waals surface area contributed by atoms with E-state index >= 15 is 0 Å². The molecule has 24 heavy (non-hydrogen) atoms. The molecule has 0 aromatic carbocycles. The Kier molecular flexibility index (Phi) is 6.50. The predicted octanol–water partition coefficient (Wildman–Crippen LogP) is -5.36. The van der Waals surface area contributed by atoms with E-state index in [1.165, 1.54) is 7.11 Å². The Morgan fingerprint density at radius 3 is 1.71 bits per heavy atom. The van der Waals surface area contributed by atoms with Crippen LogP contribution in [-0.4, -0.2) is 122 Å². The normalized spacial score (nSPS) is 53.1. The average Bonchev–Trinajstić information content (AvgIpc) is 2.58. The van der Waals surface area contributed by atoms with Gasteiger partial charge in [-0.25, -0.2) is 0 Å². The fraction of sp³-hybridized carbons (Fsp3) is 1.00. The largest absolute Gasteiger partial charge is 0.394 e. The molecular weight excluding hydrogens is 332 g/mol. The minimum Gasteiger partial charge on any atom is -0.394 e. The van der Waals surface area contributed by atoms with Crippen LogP contribution in [0.5, 0.6) is 0 Å². The molecule has 11 atom stereocenters. The van der Waals surface area contributed by atoms with E-state index in [0.717, 1.165) is 0 Å². The Hall–Kier alpha value is -0.440. The smallest absolute Gasteiger partial charge is 0.187 e. The van der Waals surface area contributed by atoms with Gasteiger partial charge in [0.25, 0.3) is 0 Å². The van der Waals surface area contributed by atoms with E-state index in [9.17, 15) is 35.7 Å². The molecule has 142 valence electrons. The summed E-state index contributed by atoms with van der Waals surface area (Å²) < 4.78 is 15.5. The van der Waals surface area contributed by atoms with Gasteiger partial charge in [0.1, 0.15) is 61.0 Å². The number of ether oxygens (including phenoxy) is 3. The summed E-state index contributed by atoms with van der Waals surface area (Å²) >= 11 is 0. The molecule has 1 saturated carbocycles. The van der Waals surface area contributed by atoms with Gasteiger partial charge in [0.05, 0.1) is 6.61 Å². The lowest BCUT2D eigenvalue weighted by atomic mass is 9.84. The topological polar surface area (TPSA) is 190 Å². The summed E-state index contributed by atoms with van der Waals surface area (Å²) in [5, 5.41) is 77.9. The van der Waals surface area contributed by atoms with Gasteiger partial charge in [0.2, 0.25) is 0 Å². The zero-order valence-electron chi connectivity index (χ0n) is 12.9. The molecule has 0 bridgehead atoms. The SMILES string of the molecule is CO[C@@H]1[C@@H](O)[C@@H](O)[C@@H](O)[C@H](O)[C@H]1O[C@H]1O[C@H](CO)[C@H](O)[C@H](O)[C@H]1O. The van der Waals surface area contributed by atoms with Gasteiger partial charge in [-0.2, -0.15) is 0 Å². The number of hydrogen-bond donors (Lipinski definition) is 8. The van der Waals surface area contributed by atoms with E-state index in [2.05, 4.69) is 0 Å². The first-order valence-corrected chi connectivity index (χ1v) is 7.45. The molecule has 0 unspecified atom stereocenters. The van der Waals surface area contributed by atoms with Crippen LogP contribution in [0.3, 0.4) is 0 Å². The third-order valence-electron chi connectivity index (χ3n) is 4.46. The van der Waals surface area contributed by atoms with Crippen LogP contribution < -0.4 is 0 Å². The van der Waals surface area contributed by atoms with Crippen molar-refractivity contribution in [3.8, 4) is 0 Å². The molecule has 0 amide bonds. The molecular formula is C13H24O11. The highest BCUT2D eigenvalue weighted by molar-refractivity contribution is 5.01. The van der Waals surface area contributed by atoms with Crippen molar-refractivity contribution in [1.82, 2.24) is 0 Å². The van der Waals surface area contributed by atoms with Crippen molar-refractivity contribution in [2.24, 2.45) is 0 Å². The van der Waals surface area contributed by atoms with Gasteiger partial charge in [-0.1, -0.05) is 0 Å². The molecule has 1 saturated heterocycles. The third kappa shape index (κ3) is 3.43. The predicted molar refractivity (Wildman–Crippen MR) is 73.5 cm³/mol. The molecule has 2 aliphatic rings. The summed E-state index contributed by atoms with van der Waals surface area (Å²) in [5.74, 6) is 0. The lowest BCUT2D eigenvalue weighted by Crippen LogP contribution is -2.67. The average molecular weight is 356 g/mol. The van der Waals surface area contributed by atoms with Crippen molar-refractivity contribution < 1.29 is 55.1 Å². The fourth-order valence-corrected chi connectivity index (χ4v) is 2.95. The van der Waals surface area contributed by atoms with Crippen molar-refractivity contribution in [3.05, 3.63) is 0 Å². The highest BCUT2D eigenvalue weighted by atomic mass is 16.7. The fourth-order valence-electron chi connectivity index (χ4n) is 2.95. The molecule has 8 N–H and O–H groups in total. The molecule has 0 radical (unpaired) electrons. The summed E-state index contributed by atoms with van der Waals surface area (Å²) in [6.45, 7) is -0.671. The summed E-state index contributed by atoms with van der Waals surface area (Å²) in [6.07, 6.45) is -17.2. The number of methoxy groups -OCH3 is 1. The maximum Gasteiger partial charge on any atom is 0.187 e. The maximum atomic E-state index is 10.1.